The van der Waals surface area contributed by atoms with Crippen molar-refractivity contribution in [2.45, 2.75) is 39.5 Å². The summed E-state index contributed by atoms with van der Waals surface area (Å²) in [5.41, 5.74) is 1.95. The van der Waals surface area contributed by atoms with Crippen molar-refractivity contribution in [1.29, 1.82) is 0 Å². The third kappa shape index (κ3) is 6.38. The van der Waals surface area contributed by atoms with E-state index in [1.54, 1.807) is 41.9 Å². The van der Waals surface area contributed by atoms with E-state index in [2.05, 4.69) is 22.7 Å². The third-order valence-corrected chi connectivity index (χ3v) is 4.82. The summed E-state index contributed by atoms with van der Waals surface area (Å²) >= 11 is 0. The predicted octanol–water partition coefficient (Wildman–Crippen LogP) is 5.24. The summed E-state index contributed by atoms with van der Waals surface area (Å²) in [5.74, 6) is -2.13. The molecule has 0 aliphatic rings. The van der Waals surface area contributed by atoms with Gasteiger partial charge in [-0.3, -0.25) is 10.1 Å². The number of anilines is 2. The Bertz CT molecular complexity index is 1110. The number of amides is 2. The molecule has 1 aromatic heterocycles. The number of nitrogens with zero attached hydrogens (tertiary/aromatic N) is 2. The number of hydrogen-bond donors (Lipinski definition) is 2. The molecule has 0 unspecified atom stereocenters. The van der Waals surface area contributed by atoms with Crippen LogP contribution in [0.2, 0.25) is 0 Å². The summed E-state index contributed by atoms with van der Waals surface area (Å²) in [6.45, 7) is 4.14. The van der Waals surface area contributed by atoms with Gasteiger partial charge in [-0.25, -0.2) is 18.3 Å². The van der Waals surface area contributed by atoms with Gasteiger partial charge >= 0.3 is 12.0 Å². The third-order valence-electron chi connectivity index (χ3n) is 4.82. The second-order valence-corrected chi connectivity index (χ2v) is 7.37. The van der Waals surface area contributed by atoms with E-state index in [4.69, 9.17) is 4.74 Å². The minimum absolute atomic E-state index is 0.154. The molecule has 0 bridgehead atoms. The van der Waals surface area contributed by atoms with E-state index < -0.39 is 17.7 Å². The van der Waals surface area contributed by atoms with Gasteiger partial charge < -0.3 is 10.1 Å². The highest BCUT2D eigenvalue weighted by atomic mass is 19.2. The second-order valence-electron chi connectivity index (χ2n) is 7.37. The van der Waals surface area contributed by atoms with E-state index >= 15 is 0 Å². The Morgan fingerprint density at radius 2 is 1.82 bits per heavy atom. The fourth-order valence-electron chi connectivity index (χ4n) is 3.20. The molecule has 2 amide bonds. The Morgan fingerprint density at radius 3 is 2.52 bits per heavy atom. The maximum atomic E-state index is 13.9. The fourth-order valence-corrected chi connectivity index (χ4v) is 3.20. The van der Waals surface area contributed by atoms with Crippen molar-refractivity contribution < 1.29 is 23.1 Å². The van der Waals surface area contributed by atoms with E-state index in [-0.39, 0.29) is 18.1 Å². The molecule has 3 aromatic rings. The molecule has 0 aliphatic heterocycles. The average Bonchev–Trinajstić information content (AvgIpc) is 3.18. The highest BCUT2D eigenvalue weighted by Crippen LogP contribution is 2.21. The number of hydrogen-bond acceptors (Lipinski definition) is 4. The highest BCUT2D eigenvalue weighted by Gasteiger charge is 2.15. The molecule has 0 fully saturated rings. The maximum Gasteiger partial charge on any atom is 0.324 e. The largest absolute Gasteiger partial charge is 0.466 e. The molecule has 0 radical (unpaired) electrons. The maximum absolute atomic E-state index is 13.9. The van der Waals surface area contributed by atoms with E-state index in [9.17, 15) is 18.4 Å². The lowest BCUT2D eigenvalue weighted by Crippen LogP contribution is -2.22. The number of halogens is 2. The highest BCUT2D eigenvalue weighted by molar-refractivity contribution is 5.99. The van der Waals surface area contributed by atoms with Crippen LogP contribution in [0.4, 0.5) is 25.1 Å². The Kier molecular flexibility index (Phi) is 8.12. The van der Waals surface area contributed by atoms with Crippen LogP contribution in [0.1, 0.15) is 37.9 Å². The van der Waals surface area contributed by atoms with Crippen LogP contribution in [0.15, 0.2) is 48.5 Å². The lowest BCUT2D eigenvalue weighted by atomic mass is 10.1. The first-order valence-electron chi connectivity index (χ1n) is 10.8. The summed E-state index contributed by atoms with van der Waals surface area (Å²) in [4.78, 5) is 24.2. The normalized spacial score (nSPS) is 10.7. The van der Waals surface area contributed by atoms with Crippen LogP contribution in [-0.2, 0) is 22.4 Å². The van der Waals surface area contributed by atoms with Crippen LogP contribution in [0, 0.1) is 11.6 Å². The number of nitrogens with one attached hydrogen (secondary N) is 2. The van der Waals surface area contributed by atoms with Crippen LogP contribution in [0.3, 0.4) is 0 Å². The van der Waals surface area contributed by atoms with Crippen LogP contribution >= 0.6 is 0 Å². The zero-order valence-electron chi connectivity index (χ0n) is 18.5. The summed E-state index contributed by atoms with van der Waals surface area (Å²) in [6.07, 6.45) is 2.79. The zero-order chi connectivity index (χ0) is 23.8. The first kappa shape index (κ1) is 23.9. The quantitative estimate of drug-likeness (QED) is 0.431. The van der Waals surface area contributed by atoms with Crippen LogP contribution in [0.25, 0.3) is 5.69 Å². The van der Waals surface area contributed by atoms with Crippen molar-refractivity contribution in [3.63, 3.8) is 0 Å². The Hall–Kier alpha value is -3.75. The van der Waals surface area contributed by atoms with Crippen molar-refractivity contribution in [1.82, 2.24) is 9.78 Å². The van der Waals surface area contributed by atoms with E-state index in [0.29, 0.717) is 18.1 Å². The van der Waals surface area contributed by atoms with E-state index in [0.717, 1.165) is 36.6 Å². The van der Waals surface area contributed by atoms with Gasteiger partial charge in [0.05, 0.1) is 30.1 Å². The molecule has 0 aliphatic carbocycles. The van der Waals surface area contributed by atoms with Gasteiger partial charge in [0.25, 0.3) is 0 Å². The van der Waals surface area contributed by atoms with Crippen LogP contribution < -0.4 is 10.6 Å². The topological polar surface area (TPSA) is 85.2 Å². The van der Waals surface area contributed by atoms with E-state index in [1.165, 1.54) is 12.1 Å². The number of rotatable bonds is 9. The van der Waals surface area contributed by atoms with Gasteiger partial charge in [-0.1, -0.05) is 31.5 Å². The second kappa shape index (κ2) is 11.2. The minimum Gasteiger partial charge on any atom is -0.466 e. The number of urea groups is 1. The van der Waals surface area contributed by atoms with Gasteiger partial charge in [-0.2, -0.15) is 5.10 Å². The molecule has 9 heteroatoms. The Labute approximate surface area is 190 Å². The minimum atomic E-state index is -1.14. The number of carbonyl (C=O) groups excluding carboxylic acids is 2. The van der Waals surface area contributed by atoms with Gasteiger partial charge in [0.1, 0.15) is 5.82 Å². The molecular formula is C24H26F2N4O3. The molecule has 1 heterocycles. The number of carbonyl (C=O) groups is 2. The fraction of sp³-hybridized carbons (Fsp3) is 0.292. The number of aromatic nitrogens is 2. The summed E-state index contributed by atoms with van der Waals surface area (Å²) in [5, 5.41) is 9.55. The monoisotopic (exact) mass is 456 g/mol. The van der Waals surface area contributed by atoms with Gasteiger partial charge in [-0.05, 0) is 49.6 Å². The number of benzene rings is 2. The summed E-state index contributed by atoms with van der Waals surface area (Å²) in [7, 11) is 0. The summed E-state index contributed by atoms with van der Waals surface area (Å²) in [6, 6.07) is 11.7. The van der Waals surface area contributed by atoms with E-state index in [1.807, 2.05) is 0 Å². The molecule has 0 saturated heterocycles. The molecule has 0 saturated carbocycles. The Morgan fingerprint density at radius 1 is 1.06 bits per heavy atom. The summed E-state index contributed by atoms with van der Waals surface area (Å²) < 4.78 is 33.8. The molecule has 2 N–H and O–H groups in total. The van der Waals surface area contributed by atoms with Crippen molar-refractivity contribution in [2.24, 2.45) is 0 Å². The first-order valence-corrected chi connectivity index (χ1v) is 10.8. The molecule has 7 nitrogen and oxygen atoms in total. The SMILES string of the molecule is CCCCc1cc(NC(=O)Nc2cccc(F)c2F)n(-c2ccc(CC(=O)OCC)cc2)n1. The van der Waals surface area contributed by atoms with Gasteiger partial charge in [-0.15, -0.1) is 0 Å². The molecule has 0 atom stereocenters. The van der Waals surface area contributed by atoms with Gasteiger partial charge in [0.2, 0.25) is 0 Å². The van der Waals surface area contributed by atoms with Crippen LogP contribution in [0.5, 0.6) is 0 Å². The average molecular weight is 456 g/mol. The molecule has 33 heavy (non-hydrogen) atoms. The first-order chi connectivity index (χ1) is 15.9. The number of aryl methyl sites for hydroxylation is 1. The predicted molar refractivity (Wildman–Crippen MR) is 122 cm³/mol. The number of unbranched alkanes of at least 4 members (excludes halogenated alkanes) is 1. The van der Waals surface area contributed by atoms with Crippen LogP contribution in [-0.4, -0.2) is 28.4 Å². The smallest absolute Gasteiger partial charge is 0.324 e. The molecule has 174 valence electrons. The number of esters is 1. The number of ether oxygens (including phenoxy) is 1. The molecule has 2 aromatic carbocycles. The van der Waals surface area contributed by atoms with Crippen molar-refractivity contribution in [3.8, 4) is 5.69 Å². The molecular weight excluding hydrogens is 430 g/mol. The molecule has 0 spiro atoms. The standard InChI is InChI=1S/C24H26F2N4O3/c1-3-5-7-17-15-21(28-24(32)27-20-9-6-8-19(25)23(20)26)30(29-17)18-12-10-16(11-13-18)14-22(31)33-4-2/h6,8-13,15H,3-5,7,14H2,1-2H3,(H2,27,28,32). The lowest BCUT2D eigenvalue weighted by Gasteiger charge is -2.11. The van der Waals surface area contributed by atoms with Crippen molar-refractivity contribution >= 4 is 23.5 Å². The lowest BCUT2D eigenvalue weighted by molar-refractivity contribution is -0.142. The zero-order valence-corrected chi connectivity index (χ0v) is 18.5. The van der Waals surface area contributed by atoms with Gasteiger partial charge in [0, 0.05) is 6.07 Å². The van der Waals surface area contributed by atoms with Gasteiger partial charge in [0.15, 0.2) is 11.6 Å². The van der Waals surface area contributed by atoms with Crippen molar-refractivity contribution in [3.05, 3.63) is 71.4 Å². The Balaban J connectivity index is 1.81. The van der Waals surface area contributed by atoms with Crippen molar-refractivity contribution in [2.75, 3.05) is 17.2 Å². The molecule has 3 rings (SSSR count).